The van der Waals surface area contributed by atoms with Crippen LogP contribution in [0, 0.1) is 11.3 Å². The highest BCUT2D eigenvalue weighted by atomic mass is 32.2. The van der Waals surface area contributed by atoms with Crippen molar-refractivity contribution in [2.24, 2.45) is 0 Å². The third-order valence-electron chi connectivity index (χ3n) is 5.00. The zero-order valence-corrected chi connectivity index (χ0v) is 19.0. The van der Waals surface area contributed by atoms with Crippen LogP contribution in [0.2, 0.25) is 0 Å². The molecule has 164 valence electrons. The van der Waals surface area contributed by atoms with E-state index in [2.05, 4.69) is 16.4 Å². The minimum atomic E-state index is -0.229. The van der Waals surface area contributed by atoms with Crippen molar-refractivity contribution >= 4 is 39.9 Å². The number of amides is 1. The molecule has 33 heavy (non-hydrogen) atoms. The Morgan fingerprint density at radius 2 is 1.76 bits per heavy atom. The highest BCUT2D eigenvalue weighted by molar-refractivity contribution is 7.99. The molecule has 0 aliphatic carbocycles. The Balaban J connectivity index is 1.61. The number of nitrogens with one attached hydrogen (secondary N) is 1. The van der Waals surface area contributed by atoms with Crippen LogP contribution in [0.15, 0.2) is 82.7 Å². The Bertz CT molecular complexity index is 1400. The fourth-order valence-electron chi connectivity index (χ4n) is 3.29. The first-order chi connectivity index (χ1) is 16.0. The summed E-state index contributed by atoms with van der Waals surface area (Å²) in [4.78, 5) is 32.5. The maximum atomic E-state index is 13.3. The topological polar surface area (TPSA) is 91.0 Å². The Morgan fingerprint density at radius 1 is 1.06 bits per heavy atom. The first-order valence-electron chi connectivity index (χ1n) is 10.2. The summed E-state index contributed by atoms with van der Waals surface area (Å²) < 4.78 is 1.48. The van der Waals surface area contributed by atoms with Gasteiger partial charge in [-0.15, -0.1) is 0 Å². The average Bonchev–Trinajstić information content (AvgIpc) is 2.83. The molecule has 3 aromatic carbocycles. The van der Waals surface area contributed by atoms with Crippen molar-refractivity contribution in [3.63, 3.8) is 0 Å². The minimum absolute atomic E-state index is 0.0799. The lowest BCUT2D eigenvalue weighted by molar-refractivity contribution is -0.113. The highest BCUT2D eigenvalue weighted by Crippen LogP contribution is 2.22. The molecule has 4 rings (SSSR count). The van der Waals surface area contributed by atoms with Crippen LogP contribution < -0.4 is 15.8 Å². The molecule has 0 aliphatic heterocycles. The van der Waals surface area contributed by atoms with E-state index in [9.17, 15) is 9.59 Å². The van der Waals surface area contributed by atoms with Crippen molar-refractivity contribution < 1.29 is 4.79 Å². The summed E-state index contributed by atoms with van der Waals surface area (Å²) in [6.45, 7) is 0. The zero-order valence-electron chi connectivity index (χ0n) is 18.1. The van der Waals surface area contributed by atoms with E-state index < -0.39 is 0 Å². The van der Waals surface area contributed by atoms with Gasteiger partial charge in [0.2, 0.25) is 5.91 Å². The van der Waals surface area contributed by atoms with E-state index >= 15 is 0 Å². The number of fused-ring (bicyclic) bond motifs is 1. The van der Waals surface area contributed by atoms with Crippen molar-refractivity contribution in [3.05, 3.63) is 88.7 Å². The molecule has 0 fully saturated rings. The third kappa shape index (κ3) is 4.89. The molecule has 1 heterocycles. The summed E-state index contributed by atoms with van der Waals surface area (Å²) in [5.41, 5.74) is 3.15. The van der Waals surface area contributed by atoms with Gasteiger partial charge in [0.25, 0.3) is 5.56 Å². The lowest BCUT2D eigenvalue weighted by Crippen LogP contribution is -2.23. The number of aromatic nitrogens is 2. The molecule has 8 heteroatoms. The predicted molar refractivity (Wildman–Crippen MR) is 132 cm³/mol. The molecule has 1 N–H and O–H groups in total. The van der Waals surface area contributed by atoms with Crippen LogP contribution in [-0.4, -0.2) is 35.3 Å². The number of carbonyl (C=O) groups is 1. The quantitative estimate of drug-likeness (QED) is 0.348. The van der Waals surface area contributed by atoms with Gasteiger partial charge < -0.3 is 10.2 Å². The van der Waals surface area contributed by atoms with Crippen LogP contribution in [0.25, 0.3) is 16.6 Å². The van der Waals surface area contributed by atoms with Gasteiger partial charge in [0.15, 0.2) is 5.16 Å². The molecule has 0 saturated heterocycles. The van der Waals surface area contributed by atoms with E-state index in [0.29, 0.717) is 33.0 Å². The van der Waals surface area contributed by atoms with E-state index in [0.717, 1.165) is 5.69 Å². The molecule has 4 aromatic rings. The van der Waals surface area contributed by atoms with Gasteiger partial charge in [-0.3, -0.25) is 14.2 Å². The van der Waals surface area contributed by atoms with Crippen LogP contribution in [0.3, 0.4) is 0 Å². The largest absolute Gasteiger partial charge is 0.378 e. The number of carbonyl (C=O) groups excluding carboxylic acids is 1. The van der Waals surface area contributed by atoms with Crippen LogP contribution >= 0.6 is 11.8 Å². The number of para-hydroxylation sites is 1. The van der Waals surface area contributed by atoms with Crippen molar-refractivity contribution in [2.45, 2.75) is 5.16 Å². The van der Waals surface area contributed by atoms with Crippen molar-refractivity contribution in [3.8, 4) is 11.8 Å². The fourth-order valence-corrected chi connectivity index (χ4v) is 4.10. The van der Waals surface area contributed by atoms with Crippen LogP contribution in [0.4, 0.5) is 11.4 Å². The highest BCUT2D eigenvalue weighted by Gasteiger charge is 2.15. The Hall–Kier alpha value is -4.09. The molecular formula is C25H21N5O2S. The monoisotopic (exact) mass is 455 g/mol. The first kappa shape index (κ1) is 22.1. The van der Waals surface area contributed by atoms with Crippen molar-refractivity contribution in [2.75, 3.05) is 30.1 Å². The number of nitriles is 1. The predicted octanol–water partition coefficient (Wildman–Crippen LogP) is 4.05. The molecule has 0 aliphatic rings. The second kappa shape index (κ2) is 9.59. The molecule has 0 saturated carbocycles. The van der Waals surface area contributed by atoms with Gasteiger partial charge in [-0.25, -0.2) is 4.98 Å². The van der Waals surface area contributed by atoms with Gasteiger partial charge in [-0.2, -0.15) is 5.26 Å². The van der Waals surface area contributed by atoms with Gasteiger partial charge >= 0.3 is 0 Å². The number of nitrogens with zero attached hydrogens (tertiary/aromatic N) is 4. The van der Waals surface area contributed by atoms with Crippen LogP contribution in [0.1, 0.15) is 5.56 Å². The summed E-state index contributed by atoms with van der Waals surface area (Å²) in [5.74, 6) is -0.123. The van der Waals surface area contributed by atoms with E-state index in [1.165, 1.54) is 16.3 Å². The van der Waals surface area contributed by atoms with Crippen molar-refractivity contribution in [1.29, 1.82) is 5.26 Å². The number of thioether (sulfide) groups is 1. The Kier molecular flexibility index (Phi) is 6.43. The number of anilines is 2. The van der Waals surface area contributed by atoms with Gasteiger partial charge in [0.1, 0.15) is 0 Å². The van der Waals surface area contributed by atoms with Gasteiger partial charge in [0, 0.05) is 25.5 Å². The third-order valence-corrected chi connectivity index (χ3v) is 5.94. The minimum Gasteiger partial charge on any atom is -0.378 e. The van der Waals surface area contributed by atoms with Crippen molar-refractivity contribution in [1.82, 2.24) is 9.55 Å². The normalized spacial score (nSPS) is 10.6. The molecule has 0 unspecified atom stereocenters. The second-order valence-corrected chi connectivity index (χ2v) is 8.43. The molecule has 0 radical (unpaired) electrons. The number of hydrogen-bond acceptors (Lipinski definition) is 6. The standard InChI is InChI=1S/C25H21N5O2S/c1-29(2)19-13-9-18(10-14-19)27-23(31)16-33-25-28-22-6-4-3-5-21(22)24(32)30(25)20-11-7-17(15-26)8-12-20/h3-14H,16H2,1-2H3,(H,27,31). The van der Waals surface area contributed by atoms with Crippen LogP contribution in [0.5, 0.6) is 0 Å². The molecule has 7 nitrogen and oxygen atoms in total. The fraction of sp³-hybridized carbons (Fsp3) is 0.120. The maximum absolute atomic E-state index is 13.3. The van der Waals surface area contributed by atoms with Gasteiger partial charge in [0.05, 0.1) is 34.0 Å². The molecule has 0 bridgehead atoms. The summed E-state index contributed by atoms with van der Waals surface area (Å²) in [6.07, 6.45) is 0. The molecular weight excluding hydrogens is 434 g/mol. The summed E-state index contributed by atoms with van der Waals surface area (Å²) in [7, 11) is 3.91. The molecule has 1 amide bonds. The maximum Gasteiger partial charge on any atom is 0.266 e. The first-order valence-corrected chi connectivity index (χ1v) is 11.2. The summed E-state index contributed by atoms with van der Waals surface area (Å²) in [5, 5.41) is 12.8. The smallest absolute Gasteiger partial charge is 0.266 e. The summed E-state index contributed by atoms with van der Waals surface area (Å²) in [6, 6.07) is 23.4. The zero-order chi connectivity index (χ0) is 23.4. The number of benzene rings is 3. The Morgan fingerprint density at radius 3 is 2.42 bits per heavy atom. The summed E-state index contributed by atoms with van der Waals surface area (Å²) >= 11 is 1.18. The van der Waals surface area contributed by atoms with E-state index in [1.54, 1.807) is 42.5 Å². The Labute approximate surface area is 195 Å². The number of rotatable bonds is 6. The molecule has 1 aromatic heterocycles. The lowest BCUT2D eigenvalue weighted by atomic mass is 10.2. The van der Waals surface area contributed by atoms with Crippen LogP contribution in [-0.2, 0) is 4.79 Å². The second-order valence-electron chi connectivity index (χ2n) is 7.49. The van der Waals surface area contributed by atoms with Gasteiger partial charge in [-0.1, -0.05) is 23.9 Å². The van der Waals surface area contributed by atoms with E-state index in [1.807, 2.05) is 49.3 Å². The average molecular weight is 456 g/mol. The van der Waals surface area contributed by atoms with E-state index in [4.69, 9.17) is 5.26 Å². The molecule has 0 atom stereocenters. The number of hydrogen-bond donors (Lipinski definition) is 1. The molecule has 0 spiro atoms. The SMILES string of the molecule is CN(C)c1ccc(NC(=O)CSc2nc3ccccc3c(=O)n2-c2ccc(C#N)cc2)cc1. The van der Waals surface area contributed by atoms with E-state index in [-0.39, 0.29) is 17.2 Å². The van der Waals surface area contributed by atoms with Gasteiger partial charge in [-0.05, 0) is 60.7 Å². The lowest BCUT2D eigenvalue weighted by Gasteiger charge is -2.14.